The van der Waals surface area contributed by atoms with Crippen LogP contribution >= 0.6 is 24.0 Å². The van der Waals surface area contributed by atoms with Crippen LogP contribution in [0.25, 0.3) is 0 Å². The zero-order valence-electron chi connectivity index (χ0n) is 14.5. The number of guanidine groups is 1. The van der Waals surface area contributed by atoms with Crippen LogP contribution in [0, 0.1) is 0 Å². The third-order valence-electron chi connectivity index (χ3n) is 4.14. The monoisotopic (exact) mass is 445 g/mol. The normalized spacial score (nSPS) is 17.8. The summed E-state index contributed by atoms with van der Waals surface area (Å²) in [5, 5.41) is 6.39. The van der Waals surface area contributed by atoms with Crippen LogP contribution < -0.4 is 10.6 Å². The van der Waals surface area contributed by atoms with Gasteiger partial charge in [-0.25, -0.2) is 0 Å². The van der Waals surface area contributed by atoms with E-state index in [1.54, 1.807) is 13.2 Å². The van der Waals surface area contributed by atoms with Gasteiger partial charge < -0.3 is 15.5 Å². The van der Waals surface area contributed by atoms with Crippen molar-refractivity contribution in [3.05, 3.63) is 30.1 Å². The Kier molecular flexibility index (Phi) is 9.66. The van der Waals surface area contributed by atoms with Crippen LogP contribution in [0.3, 0.4) is 0 Å². The van der Waals surface area contributed by atoms with Gasteiger partial charge >= 0.3 is 0 Å². The third kappa shape index (κ3) is 6.62. The topological polar surface area (TPSA) is 69.6 Å². The molecule has 0 saturated carbocycles. The van der Waals surface area contributed by atoms with Crippen LogP contribution in [-0.4, -0.2) is 47.9 Å². The van der Waals surface area contributed by atoms with Gasteiger partial charge in [-0.05, 0) is 38.3 Å². The lowest BCUT2D eigenvalue weighted by Gasteiger charge is -2.33. The van der Waals surface area contributed by atoms with Crippen molar-refractivity contribution in [1.82, 2.24) is 20.5 Å². The first-order chi connectivity index (χ1) is 11.2. The maximum atomic E-state index is 12.3. The minimum Gasteiger partial charge on any atom is -0.356 e. The molecule has 1 aliphatic heterocycles. The first-order valence-electron chi connectivity index (χ1n) is 8.34. The smallest absolute Gasteiger partial charge is 0.224 e. The van der Waals surface area contributed by atoms with Crippen LogP contribution in [0.5, 0.6) is 0 Å². The molecule has 2 heterocycles. The minimum atomic E-state index is 0. The molecule has 1 saturated heterocycles. The Labute approximate surface area is 161 Å². The number of aromatic nitrogens is 1. The van der Waals surface area contributed by atoms with E-state index in [2.05, 4.69) is 27.5 Å². The molecule has 1 aromatic rings. The van der Waals surface area contributed by atoms with Crippen molar-refractivity contribution in [3.8, 4) is 0 Å². The average molecular weight is 445 g/mol. The molecule has 2 rings (SSSR count). The van der Waals surface area contributed by atoms with Gasteiger partial charge in [-0.2, -0.15) is 0 Å². The van der Waals surface area contributed by atoms with Gasteiger partial charge in [0.25, 0.3) is 0 Å². The number of hydrogen-bond acceptors (Lipinski definition) is 3. The molecule has 2 N–H and O–H groups in total. The van der Waals surface area contributed by atoms with Crippen molar-refractivity contribution in [2.75, 3.05) is 20.1 Å². The van der Waals surface area contributed by atoms with E-state index in [9.17, 15) is 4.79 Å². The number of hydrogen-bond donors (Lipinski definition) is 2. The molecule has 1 aromatic heterocycles. The van der Waals surface area contributed by atoms with Crippen molar-refractivity contribution in [3.63, 3.8) is 0 Å². The maximum Gasteiger partial charge on any atom is 0.224 e. The van der Waals surface area contributed by atoms with Gasteiger partial charge in [-0.15, -0.1) is 24.0 Å². The lowest BCUT2D eigenvalue weighted by atomic mass is 10.0. The lowest BCUT2D eigenvalue weighted by Crippen LogP contribution is -2.44. The number of rotatable bonds is 5. The van der Waals surface area contributed by atoms with Gasteiger partial charge in [0, 0.05) is 38.8 Å². The summed E-state index contributed by atoms with van der Waals surface area (Å²) in [7, 11) is 1.72. The Hall–Kier alpha value is -1.38. The summed E-state index contributed by atoms with van der Waals surface area (Å²) in [6.07, 6.45) is 5.73. The largest absolute Gasteiger partial charge is 0.356 e. The van der Waals surface area contributed by atoms with Crippen molar-refractivity contribution in [2.45, 2.75) is 45.2 Å². The van der Waals surface area contributed by atoms with E-state index in [4.69, 9.17) is 0 Å². The Bertz CT molecular complexity index is 523. The number of carbonyl (C=O) groups is 1. The summed E-state index contributed by atoms with van der Waals surface area (Å²) in [5.74, 6) is 0.917. The van der Waals surface area contributed by atoms with E-state index in [0.717, 1.165) is 25.1 Å². The Morgan fingerprint density at radius 2 is 2.21 bits per heavy atom. The third-order valence-corrected chi connectivity index (χ3v) is 4.14. The SMILES string of the molecule is CN=C(NCCC(=O)N1CCCCC1C)NCc1ccccn1.I. The molecule has 1 aliphatic rings. The highest BCUT2D eigenvalue weighted by Crippen LogP contribution is 2.16. The molecule has 0 radical (unpaired) electrons. The average Bonchev–Trinajstić information content (AvgIpc) is 2.59. The molecule has 1 fully saturated rings. The zero-order valence-corrected chi connectivity index (χ0v) is 16.8. The molecular weight excluding hydrogens is 417 g/mol. The van der Waals surface area contributed by atoms with Crippen LogP contribution in [0.15, 0.2) is 29.4 Å². The number of halogens is 1. The Morgan fingerprint density at radius 3 is 2.88 bits per heavy atom. The summed E-state index contributed by atoms with van der Waals surface area (Å²) >= 11 is 0. The summed E-state index contributed by atoms with van der Waals surface area (Å²) in [6.45, 7) is 4.23. The molecule has 0 spiro atoms. The van der Waals surface area contributed by atoms with Gasteiger partial charge in [0.1, 0.15) is 0 Å². The molecule has 0 aromatic carbocycles. The van der Waals surface area contributed by atoms with Gasteiger partial charge in [-0.3, -0.25) is 14.8 Å². The summed E-state index contributed by atoms with van der Waals surface area (Å²) < 4.78 is 0. The van der Waals surface area contributed by atoms with E-state index in [1.807, 2.05) is 23.1 Å². The highest BCUT2D eigenvalue weighted by Gasteiger charge is 2.22. The quantitative estimate of drug-likeness (QED) is 0.414. The lowest BCUT2D eigenvalue weighted by molar-refractivity contribution is -0.134. The molecule has 6 nitrogen and oxygen atoms in total. The maximum absolute atomic E-state index is 12.3. The van der Waals surface area contributed by atoms with Crippen LogP contribution in [0.2, 0.25) is 0 Å². The number of pyridine rings is 1. The summed E-state index contributed by atoms with van der Waals surface area (Å²) in [4.78, 5) is 22.7. The van der Waals surface area contributed by atoms with Gasteiger partial charge in [0.2, 0.25) is 5.91 Å². The van der Waals surface area contributed by atoms with Gasteiger partial charge in [-0.1, -0.05) is 6.07 Å². The van der Waals surface area contributed by atoms with E-state index in [-0.39, 0.29) is 29.9 Å². The first-order valence-corrected chi connectivity index (χ1v) is 8.34. The van der Waals surface area contributed by atoms with Crippen molar-refractivity contribution < 1.29 is 4.79 Å². The van der Waals surface area contributed by atoms with Crippen LogP contribution in [0.1, 0.15) is 38.3 Å². The number of nitrogens with zero attached hydrogens (tertiary/aromatic N) is 3. The molecule has 0 bridgehead atoms. The fourth-order valence-electron chi connectivity index (χ4n) is 2.80. The number of nitrogens with one attached hydrogen (secondary N) is 2. The van der Waals surface area contributed by atoms with Crippen LogP contribution in [0.4, 0.5) is 0 Å². The van der Waals surface area contributed by atoms with E-state index < -0.39 is 0 Å². The van der Waals surface area contributed by atoms with E-state index in [0.29, 0.717) is 31.5 Å². The number of piperidine rings is 1. The molecule has 24 heavy (non-hydrogen) atoms. The zero-order chi connectivity index (χ0) is 16.5. The van der Waals surface area contributed by atoms with Gasteiger partial charge in [0.15, 0.2) is 5.96 Å². The fourth-order valence-corrected chi connectivity index (χ4v) is 2.80. The number of likely N-dealkylation sites (tertiary alicyclic amines) is 1. The van der Waals surface area contributed by atoms with E-state index >= 15 is 0 Å². The molecule has 7 heteroatoms. The van der Waals surface area contributed by atoms with E-state index in [1.165, 1.54) is 6.42 Å². The molecule has 1 unspecified atom stereocenters. The standard InChI is InChI=1S/C17H27N5O.HI/c1-14-7-4-6-12-22(14)16(23)9-11-20-17(18-2)21-13-15-8-3-5-10-19-15;/h3,5,8,10,14H,4,6-7,9,11-13H2,1-2H3,(H2,18,20,21);1H. The highest BCUT2D eigenvalue weighted by molar-refractivity contribution is 14.0. The predicted octanol–water partition coefficient (Wildman–Crippen LogP) is 2.16. The molecule has 1 atom stereocenters. The second kappa shape index (κ2) is 11.2. The van der Waals surface area contributed by atoms with Crippen molar-refractivity contribution >= 4 is 35.8 Å². The second-order valence-corrected chi connectivity index (χ2v) is 5.86. The highest BCUT2D eigenvalue weighted by atomic mass is 127. The predicted molar refractivity (Wildman–Crippen MR) is 107 cm³/mol. The molecule has 1 amide bonds. The fraction of sp³-hybridized carbons (Fsp3) is 0.588. The van der Waals surface area contributed by atoms with Crippen molar-refractivity contribution in [1.29, 1.82) is 0 Å². The number of aliphatic imine (C=N–C) groups is 1. The Morgan fingerprint density at radius 1 is 1.38 bits per heavy atom. The summed E-state index contributed by atoms with van der Waals surface area (Å²) in [5.41, 5.74) is 0.952. The molecule has 0 aliphatic carbocycles. The molecule has 134 valence electrons. The molecular formula is C17H28IN5O. The summed E-state index contributed by atoms with van der Waals surface area (Å²) in [6, 6.07) is 6.18. The minimum absolute atomic E-state index is 0. The Balaban J connectivity index is 0.00000288. The number of amides is 1. The van der Waals surface area contributed by atoms with Gasteiger partial charge in [0.05, 0.1) is 12.2 Å². The second-order valence-electron chi connectivity index (χ2n) is 5.86. The number of carbonyl (C=O) groups excluding carboxylic acids is 1. The van der Waals surface area contributed by atoms with Crippen LogP contribution in [-0.2, 0) is 11.3 Å². The van der Waals surface area contributed by atoms with Crippen molar-refractivity contribution in [2.24, 2.45) is 4.99 Å². The first kappa shape index (κ1) is 20.7.